The van der Waals surface area contributed by atoms with Gasteiger partial charge < -0.3 is 14.8 Å². The Morgan fingerprint density at radius 3 is 2.35 bits per heavy atom. The third-order valence-corrected chi connectivity index (χ3v) is 3.19. The van der Waals surface area contributed by atoms with Gasteiger partial charge in [-0.05, 0) is 61.5 Å². The molecule has 0 aliphatic rings. The van der Waals surface area contributed by atoms with Crippen LogP contribution in [0.5, 0.6) is 11.5 Å². The zero-order valence-electron chi connectivity index (χ0n) is 11.8. The monoisotopic (exact) mass is 287 g/mol. The number of hydrogen-bond acceptors (Lipinski definition) is 3. The van der Waals surface area contributed by atoms with E-state index in [0.717, 1.165) is 17.0 Å². The van der Waals surface area contributed by atoms with E-state index in [1.54, 1.807) is 7.11 Å². The highest BCUT2D eigenvalue weighted by molar-refractivity contribution is 7.80. The first-order valence-electron chi connectivity index (χ1n) is 6.29. The molecule has 0 aromatic heterocycles. The molecule has 1 N–H and O–H groups in total. The molecule has 2 aromatic rings. The second-order valence-corrected chi connectivity index (χ2v) is 4.84. The fourth-order valence-corrected chi connectivity index (χ4v) is 1.99. The van der Waals surface area contributed by atoms with Crippen LogP contribution in [0.25, 0.3) is 0 Å². The van der Waals surface area contributed by atoms with Crippen molar-refractivity contribution in [2.45, 2.75) is 13.8 Å². The molecule has 0 radical (unpaired) electrons. The van der Waals surface area contributed by atoms with Crippen LogP contribution in [0.3, 0.4) is 0 Å². The molecular formula is C16H17NO2S. The van der Waals surface area contributed by atoms with Crippen LogP contribution in [0.2, 0.25) is 0 Å². The summed E-state index contributed by atoms with van der Waals surface area (Å²) in [6, 6.07) is 13.4. The molecule has 104 valence electrons. The molecule has 3 nitrogen and oxygen atoms in total. The lowest BCUT2D eigenvalue weighted by Crippen LogP contribution is -2.17. The van der Waals surface area contributed by atoms with Gasteiger partial charge in [0.05, 0.1) is 12.8 Å². The van der Waals surface area contributed by atoms with Gasteiger partial charge in [0.15, 0.2) is 0 Å². The summed E-state index contributed by atoms with van der Waals surface area (Å²) in [4.78, 5) is 0. The lowest BCUT2D eigenvalue weighted by Gasteiger charge is -2.14. The van der Waals surface area contributed by atoms with Gasteiger partial charge in [0, 0.05) is 0 Å². The van der Waals surface area contributed by atoms with Crippen LogP contribution in [0.4, 0.5) is 5.69 Å². The Labute approximate surface area is 124 Å². The van der Waals surface area contributed by atoms with E-state index in [4.69, 9.17) is 21.7 Å². The molecule has 2 rings (SSSR count). The number of methoxy groups -OCH3 is 1. The number of aryl methyl sites for hydroxylation is 2. The van der Waals surface area contributed by atoms with Crippen molar-refractivity contribution in [3.05, 3.63) is 53.6 Å². The van der Waals surface area contributed by atoms with E-state index in [0.29, 0.717) is 5.75 Å². The molecule has 20 heavy (non-hydrogen) atoms. The predicted molar refractivity (Wildman–Crippen MR) is 85.8 cm³/mol. The minimum atomic E-state index is 0.290. The number of rotatable bonds is 3. The Bertz CT molecular complexity index is 611. The van der Waals surface area contributed by atoms with E-state index < -0.39 is 0 Å². The first kappa shape index (κ1) is 14.3. The van der Waals surface area contributed by atoms with Crippen LogP contribution >= 0.6 is 12.2 Å². The minimum absolute atomic E-state index is 0.290. The van der Waals surface area contributed by atoms with Crippen LogP contribution < -0.4 is 14.8 Å². The zero-order valence-corrected chi connectivity index (χ0v) is 12.6. The summed E-state index contributed by atoms with van der Waals surface area (Å²) in [5.41, 5.74) is 3.13. The van der Waals surface area contributed by atoms with Crippen LogP contribution in [0, 0.1) is 13.8 Å². The minimum Gasteiger partial charge on any atom is -0.495 e. The lowest BCUT2D eigenvalue weighted by atomic mass is 10.1. The second kappa shape index (κ2) is 6.39. The number of hydrogen-bond donors (Lipinski definition) is 1. The standard InChI is InChI=1S/C16H17NO2S/c1-11-9-14(15(18-3)10-12(11)2)17-16(20)19-13-7-5-4-6-8-13/h4-10H,1-3H3,(H,17,20). The Balaban J connectivity index is 2.13. The third-order valence-electron chi connectivity index (χ3n) is 3.01. The van der Waals surface area contributed by atoms with Crippen LogP contribution in [-0.2, 0) is 0 Å². The Hall–Kier alpha value is -2.07. The molecular weight excluding hydrogens is 270 g/mol. The van der Waals surface area contributed by atoms with Gasteiger partial charge in [0.1, 0.15) is 11.5 Å². The van der Waals surface area contributed by atoms with Crippen molar-refractivity contribution >= 4 is 23.1 Å². The summed E-state index contributed by atoms with van der Waals surface area (Å²) in [6.07, 6.45) is 0. The van der Waals surface area contributed by atoms with Crippen molar-refractivity contribution in [2.24, 2.45) is 0 Å². The largest absolute Gasteiger partial charge is 0.495 e. The molecule has 0 saturated carbocycles. The van der Waals surface area contributed by atoms with Crippen molar-refractivity contribution < 1.29 is 9.47 Å². The topological polar surface area (TPSA) is 30.5 Å². The molecule has 0 atom stereocenters. The second-order valence-electron chi connectivity index (χ2n) is 4.46. The van der Waals surface area contributed by atoms with Gasteiger partial charge in [-0.2, -0.15) is 0 Å². The number of nitrogens with one attached hydrogen (secondary N) is 1. The molecule has 0 spiro atoms. The average Bonchev–Trinajstić information content (AvgIpc) is 2.43. The highest BCUT2D eigenvalue weighted by atomic mass is 32.1. The molecule has 0 aliphatic heterocycles. The van der Waals surface area contributed by atoms with Gasteiger partial charge in [0.25, 0.3) is 5.17 Å². The van der Waals surface area contributed by atoms with Gasteiger partial charge in [-0.1, -0.05) is 18.2 Å². The first-order chi connectivity index (χ1) is 9.60. The van der Waals surface area contributed by atoms with E-state index in [2.05, 4.69) is 5.32 Å². The van der Waals surface area contributed by atoms with Gasteiger partial charge in [0.2, 0.25) is 0 Å². The van der Waals surface area contributed by atoms with E-state index in [9.17, 15) is 0 Å². The maximum absolute atomic E-state index is 5.55. The summed E-state index contributed by atoms with van der Waals surface area (Å²) < 4.78 is 10.9. The Morgan fingerprint density at radius 1 is 1.05 bits per heavy atom. The quantitative estimate of drug-likeness (QED) is 0.861. The molecule has 0 fully saturated rings. The van der Waals surface area contributed by atoms with Gasteiger partial charge >= 0.3 is 0 Å². The first-order valence-corrected chi connectivity index (χ1v) is 6.70. The number of ether oxygens (including phenoxy) is 2. The number of benzene rings is 2. The fraction of sp³-hybridized carbons (Fsp3) is 0.188. The third kappa shape index (κ3) is 3.48. The average molecular weight is 287 g/mol. The van der Waals surface area contributed by atoms with Crippen molar-refractivity contribution in [2.75, 3.05) is 12.4 Å². The molecule has 2 aromatic carbocycles. The van der Waals surface area contributed by atoms with Gasteiger partial charge in [-0.25, -0.2) is 0 Å². The molecule has 0 aliphatic carbocycles. The van der Waals surface area contributed by atoms with Crippen LogP contribution in [0.1, 0.15) is 11.1 Å². The van der Waals surface area contributed by atoms with Crippen molar-refractivity contribution in [1.82, 2.24) is 0 Å². The zero-order chi connectivity index (χ0) is 14.5. The summed E-state index contributed by atoms with van der Waals surface area (Å²) in [5.74, 6) is 1.44. The van der Waals surface area contributed by atoms with Gasteiger partial charge in [-0.15, -0.1) is 0 Å². The highest BCUT2D eigenvalue weighted by Gasteiger charge is 2.08. The molecule has 0 saturated heterocycles. The normalized spacial score (nSPS) is 9.95. The Morgan fingerprint density at radius 2 is 1.70 bits per heavy atom. The van der Waals surface area contributed by atoms with Crippen LogP contribution in [0.15, 0.2) is 42.5 Å². The molecule has 4 heteroatoms. The van der Waals surface area contributed by atoms with E-state index in [-0.39, 0.29) is 5.17 Å². The molecule has 0 heterocycles. The predicted octanol–water partition coefficient (Wildman–Crippen LogP) is 4.09. The van der Waals surface area contributed by atoms with Crippen molar-refractivity contribution in [3.8, 4) is 11.5 Å². The van der Waals surface area contributed by atoms with E-state index >= 15 is 0 Å². The molecule has 0 unspecified atom stereocenters. The summed E-state index contributed by atoms with van der Waals surface area (Å²) in [6.45, 7) is 4.08. The molecule has 0 amide bonds. The highest BCUT2D eigenvalue weighted by Crippen LogP contribution is 2.28. The fourth-order valence-electron chi connectivity index (χ4n) is 1.79. The summed E-state index contributed by atoms with van der Waals surface area (Å²) in [5, 5.41) is 3.35. The van der Waals surface area contributed by atoms with Crippen LogP contribution in [-0.4, -0.2) is 12.3 Å². The number of para-hydroxylation sites is 1. The summed E-state index contributed by atoms with van der Waals surface area (Å²) in [7, 11) is 1.64. The number of anilines is 1. The maximum atomic E-state index is 5.55. The SMILES string of the molecule is COc1cc(C)c(C)cc1NC(=S)Oc1ccccc1. The lowest BCUT2D eigenvalue weighted by molar-refractivity contribution is 0.416. The smallest absolute Gasteiger partial charge is 0.266 e. The molecule has 0 bridgehead atoms. The maximum Gasteiger partial charge on any atom is 0.266 e. The Kier molecular flexibility index (Phi) is 4.58. The van der Waals surface area contributed by atoms with Crippen molar-refractivity contribution in [3.63, 3.8) is 0 Å². The summed E-state index contributed by atoms with van der Waals surface area (Å²) >= 11 is 5.21. The van der Waals surface area contributed by atoms with E-state index in [1.165, 1.54) is 5.56 Å². The van der Waals surface area contributed by atoms with Crippen molar-refractivity contribution in [1.29, 1.82) is 0 Å². The van der Waals surface area contributed by atoms with Gasteiger partial charge in [-0.3, -0.25) is 0 Å². The van der Waals surface area contributed by atoms with E-state index in [1.807, 2.05) is 56.3 Å². The number of thiocarbonyl (C=S) groups is 1.